The van der Waals surface area contributed by atoms with Gasteiger partial charge in [-0.05, 0) is 129 Å². The molecule has 0 radical (unpaired) electrons. The van der Waals surface area contributed by atoms with Crippen LogP contribution in [0.2, 0.25) is 0 Å². The smallest absolute Gasteiger partial charge is 0.0324 e. The molecule has 0 bridgehead atoms. The van der Waals surface area contributed by atoms with E-state index < -0.39 is 0 Å². The quantitative estimate of drug-likeness (QED) is 0.318. The monoisotopic (exact) mass is 513 g/mol. The van der Waals surface area contributed by atoms with Crippen LogP contribution >= 0.6 is 0 Å². The van der Waals surface area contributed by atoms with Crippen LogP contribution in [0.1, 0.15) is 164 Å². The van der Waals surface area contributed by atoms with Crippen LogP contribution in [-0.2, 0) is 0 Å². The molecule has 5 saturated carbocycles. The van der Waals surface area contributed by atoms with Gasteiger partial charge in [-0.15, -0.1) is 0 Å². The van der Waals surface area contributed by atoms with Gasteiger partial charge in [0.25, 0.3) is 0 Å². The molecular formula is C37H68. The zero-order valence-electron chi connectivity index (χ0n) is 26.4. The summed E-state index contributed by atoms with van der Waals surface area (Å²) in [5.74, 6) is 12.8. The van der Waals surface area contributed by atoms with Crippen molar-refractivity contribution in [2.24, 2.45) is 71.0 Å². The summed E-state index contributed by atoms with van der Waals surface area (Å²) in [4.78, 5) is 0. The topological polar surface area (TPSA) is 0 Å². The molecule has 0 aliphatic heterocycles. The lowest BCUT2D eigenvalue weighted by molar-refractivity contribution is -0.00258. The van der Waals surface area contributed by atoms with E-state index in [2.05, 4.69) is 41.5 Å². The largest absolute Gasteiger partial charge is 0.0654 e. The lowest BCUT2D eigenvalue weighted by atomic mass is 9.56. The zero-order valence-corrected chi connectivity index (χ0v) is 26.4. The van der Waals surface area contributed by atoms with Gasteiger partial charge in [0.1, 0.15) is 0 Å². The molecule has 10 unspecified atom stereocenters. The van der Waals surface area contributed by atoms with E-state index in [0.29, 0.717) is 0 Å². The van der Waals surface area contributed by atoms with Crippen molar-refractivity contribution >= 4 is 0 Å². The molecule has 0 spiro atoms. The molecule has 216 valence electrons. The summed E-state index contributed by atoms with van der Waals surface area (Å²) in [6, 6.07) is 0. The summed E-state index contributed by atoms with van der Waals surface area (Å²) in [5.41, 5.74) is 0. The van der Waals surface area contributed by atoms with Crippen molar-refractivity contribution in [2.45, 2.75) is 164 Å². The Labute approximate surface area is 234 Å². The first kappa shape index (κ1) is 30.0. The highest BCUT2D eigenvalue weighted by Gasteiger charge is 2.47. The first-order valence-electron chi connectivity index (χ1n) is 17.9. The molecule has 0 heterocycles. The van der Waals surface area contributed by atoms with Crippen LogP contribution in [-0.4, -0.2) is 0 Å². The van der Waals surface area contributed by atoms with Gasteiger partial charge in [-0.25, -0.2) is 0 Å². The van der Waals surface area contributed by atoms with Gasteiger partial charge < -0.3 is 0 Å². The van der Waals surface area contributed by atoms with Gasteiger partial charge in [-0.1, -0.05) is 106 Å². The maximum atomic E-state index is 2.61. The molecule has 5 aliphatic carbocycles. The Morgan fingerprint density at radius 2 is 1.22 bits per heavy atom. The van der Waals surface area contributed by atoms with Crippen molar-refractivity contribution in [3.05, 3.63) is 0 Å². The molecule has 5 rings (SSSR count). The first-order chi connectivity index (χ1) is 17.9. The summed E-state index contributed by atoms with van der Waals surface area (Å²) in [6.45, 7) is 14.7. The fourth-order valence-corrected chi connectivity index (χ4v) is 11.1. The van der Waals surface area contributed by atoms with E-state index in [0.717, 1.165) is 71.0 Å². The highest BCUT2D eigenvalue weighted by Crippen LogP contribution is 2.56. The normalized spacial score (nSPS) is 46.2. The molecule has 0 aromatic heterocycles. The standard InChI is InChI=1S/C22H40.C15H28/c1-4-6-9-20-16(3)15-19-8-7-10-21(19)22(20)18-13-11-17(5-2)12-14-18;1-4-13-6-8-15(12(3)10-13)14-7-5-11(2)9-14/h16-22H,4-15H2,1-3H3;11-15H,4-10H2,1-3H3. The Bertz CT molecular complexity index is 628. The van der Waals surface area contributed by atoms with E-state index in [4.69, 9.17) is 0 Å². The van der Waals surface area contributed by atoms with Crippen molar-refractivity contribution in [3.8, 4) is 0 Å². The maximum absolute atomic E-state index is 2.61. The highest BCUT2D eigenvalue weighted by atomic mass is 14.5. The minimum Gasteiger partial charge on any atom is -0.0654 e. The Morgan fingerprint density at radius 3 is 1.84 bits per heavy atom. The minimum absolute atomic E-state index is 1.01. The molecule has 0 aromatic carbocycles. The number of hydrogen-bond donors (Lipinski definition) is 0. The van der Waals surface area contributed by atoms with Crippen LogP contribution in [0.25, 0.3) is 0 Å². The first-order valence-corrected chi connectivity index (χ1v) is 17.9. The Hall–Kier alpha value is 0. The van der Waals surface area contributed by atoms with Crippen LogP contribution in [0.4, 0.5) is 0 Å². The molecule has 10 atom stereocenters. The Morgan fingerprint density at radius 1 is 0.541 bits per heavy atom. The molecule has 0 aromatic rings. The predicted octanol–water partition coefficient (Wildman–Crippen LogP) is 12.0. The molecule has 0 heteroatoms. The average molecular weight is 513 g/mol. The summed E-state index contributed by atoms with van der Waals surface area (Å²) < 4.78 is 0. The van der Waals surface area contributed by atoms with E-state index in [1.165, 1.54) is 64.2 Å². The van der Waals surface area contributed by atoms with E-state index in [1.807, 2.05) is 0 Å². The van der Waals surface area contributed by atoms with Gasteiger partial charge in [0, 0.05) is 0 Å². The van der Waals surface area contributed by atoms with E-state index >= 15 is 0 Å². The second-order valence-electron chi connectivity index (χ2n) is 15.5. The zero-order chi connectivity index (χ0) is 26.4. The van der Waals surface area contributed by atoms with E-state index in [1.54, 1.807) is 57.8 Å². The third-order valence-electron chi connectivity index (χ3n) is 13.3. The average Bonchev–Trinajstić information content (AvgIpc) is 3.56. The third-order valence-corrected chi connectivity index (χ3v) is 13.3. The molecule has 0 nitrogen and oxygen atoms in total. The molecule has 5 aliphatic rings. The molecule has 5 fully saturated rings. The van der Waals surface area contributed by atoms with Crippen LogP contribution < -0.4 is 0 Å². The number of unbranched alkanes of at least 4 members (excludes halogenated alkanes) is 1. The molecule has 0 amide bonds. The molecular weight excluding hydrogens is 444 g/mol. The van der Waals surface area contributed by atoms with Crippen molar-refractivity contribution in [1.29, 1.82) is 0 Å². The Balaban J connectivity index is 0.000000186. The summed E-state index contributed by atoms with van der Waals surface area (Å²) in [7, 11) is 0. The lowest BCUT2D eigenvalue weighted by Crippen LogP contribution is -2.42. The van der Waals surface area contributed by atoms with Crippen LogP contribution in [0.5, 0.6) is 0 Å². The SMILES string of the molecule is CCC1CCC(C2CCC(C)C2)C(C)C1.CCCCC1C(C)CC2CCCC2C1C1CCC(CC)CC1. The van der Waals surface area contributed by atoms with Gasteiger partial charge >= 0.3 is 0 Å². The second-order valence-corrected chi connectivity index (χ2v) is 15.5. The van der Waals surface area contributed by atoms with Gasteiger partial charge in [0.05, 0.1) is 0 Å². The van der Waals surface area contributed by atoms with Crippen LogP contribution in [0.15, 0.2) is 0 Å². The lowest BCUT2D eigenvalue weighted by Gasteiger charge is -2.49. The van der Waals surface area contributed by atoms with Crippen molar-refractivity contribution in [2.75, 3.05) is 0 Å². The van der Waals surface area contributed by atoms with Crippen molar-refractivity contribution < 1.29 is 0 Å². The third kappa shape index (κ3) is 7.60. The number of rotatable bonds is 7. The van der Waals surface area contributed by atoms with Crippen LogP contribution in [0, 0.1) is 71.0 Å². The fraction of sp³-hybridized carbons (Fsp3) is 1.00. The number of fused-ring (bicyclic) bond motifs is 1. The highest BCUT2D eigenvalue weighted by molar-refractivity contribution is 4.97. The molecule has 0 N–H and O–H groups in total. The molecule has 0 saturated heterocycles. The minimum atomic E-state index is 1.01. The second kappa shape index (κ2) is 14.6. The van der Waals surface area contributed by atoms with Gasteiger partial charge in [-0.2, -0.15) is 0 Å². The summed E-state index contributed by atoms with van der Waals surface area (Å²) >= 11 is 0. The predicted molar refractivity (Wildman–Crippen MR) is 164 cm³/mol. The number of hydrogen-bond acceptors (Lipinski definition) is 0. The summed E-state index contributed by atoms with van der Waals surface area (Å²) in [6.07, 6.45) is 28.9. The van der Waals surface area contributed by atoms with E-state index in [-0.39, 0.29) is 0 Å². The van der Waals surface area contributed by atoms with E-state index in [9.17, 15) is 0 Å². The fourth-order valence-electron chi connectivity index (χ4n) is 11.1. The summed E-state index contributed by atoms with van der Waals surface area (Å²) in [5, 5.41) is 0. The maximum Gasteiger partial charge on any atom is -0.0324 e. The Kier molecular flexibility index (Phi) is 11.8. The van der Waals surface area contributed by atoms with Crippen LogP contribution in [0.3, 0.4) is 0 Å². The van der Waals surface area contributed by atoms with Gasteiger partial charge in [0.2, 0.25) is 0 Å². The van der Waals surface area contributed by atoms with Crippen molar-refractivity contribution in [1.82, 2.24) is 0 Å². The molecule has 37 heavy (non-hydrogen) atoms. The van der Waals surface area contributed by atoms with Gasteiger partial charge in [0.15, 0.2) is 0 Å². The van der Waals surface area contributed by atoms with Crippen molar-refractivity contribution in [3.63, 3.8) is 0 Å². The van der Waals surface area contributed by atoms with Gasteiger partial charge in [-0.3, -0.25) is 0 Å².